The van der Waals surface area contributed by atoms with Crippen LogP contribution in [0.3, 0.4) is 0 Å². The average Bonchev–Trinajstić information content (AvgIpc) is 2.66. The second-order valence-electron chi connectivity index (χ2n) is 3.82. The first-order chi connectivity index (χ1) is 7.74. The van der Waals surface area contributed by atoms with E-state index in [4.69, 9.17) is 10.3 Å². The third kappa shape index (κ3) is 4.13. The van der Waals surface area contributed by atoms with Gasteiger partial charge >= 0.3 is 0 Å². The van der Waals surface area contributed by atoms with Crippen LogP contribution in [0, 0.1) is 0 Å². The Balaban J connectivity index is 0.00000144. The fourth-order valence-corrected chi connectivity index (χ4v) is 1.41. The highest BCUT2D eigenvalue weighted by atomic mass is 35.5. The SMILES string of the molecule is CC(N)Cc1nc(Cc2cccnc2)no1.Cl. The summed E-state index contributed by atoms with van der Waals surface area (Å²) in [4.78, 5) is 8.29. The van der Waals surface area contributed by atoms with Crippen LogP contribution in [-0.4, -0.2) is 21.2 Å². The van der Waals surface area contributed by atoms with Crippen molar-refractivity contribution in [3.05, 3.63) is 41.8 Å². The molecule has 17 heavy (non-hydrogen) atoms. The lowest BCUT2D eigenvalue weighted by atomic mass is 10.2. The Morgan fingerprint density at radius 2 is 2.29 bits per heavy atom. The van der Waals surface area contributed by atoms with Gasteiger partial charge in [0.15, 0.2) is 5.82 Å². The highest BCUT2D eigenvalue weighted by Crippen LogP contribution is 2.06. The van der Waals surface area contributed by atoms with Gasteiger partial charge in [-0.15, -0.1) is 12.4 Å². The highest BCUT2D eigenvalue weighted by Gasteiger charge is 2.08. The van der Waals surface area contributed by atoms with Crippen molar-refractivity contribution in [1.82, 2.24) is 15.1 Å². The minimum atomic E-state index is 0. The molecule has 0 bridgehead atoms. The summed E-state index contributed by atoms with van der Waals surface area (Å²) in [6.45, 7) is 1.91. The molecule has 5 nitrogen and oxygen atoms in total. The molecule has 2 aromatic rings. The summed E-state index contributed by atoms with van der Waals surface area (Å²) in [5.41, 5.74) is 6.71. The summed E-state index contributed by atoms with van der Waals surface area (Å²) in [6, 6.07) is 3.90. The van der Waals surface area contributed by atoms with E-state index < -0.39 is 0 Å². The van der Waals surface area contributed by atoms with E-state index in [0.29, 0.717) is 24.6 Å². The number of hydrogen-bond donors (Lipinski definition) is 1. The van der Waals surface area contributed by atoms with E-state index in [1.807, 2.05) is 19.1 Å². The third-order valence-corrected chi connectivity index (χ3v) is 2.09. The number of pyridine rings is 1. The zero-order valence-electron chi connectivity index (χ0n) is 9.54. The second kappa shape index (κ2) is 6.32. The van der Waals surface area contributed by atoms with Gasteiger partial charge in [-0.2, -0.15) is 4.98 Å². The van der Waals surface area contributed by atoms with E-state index >= 15 is 0 Å². The van der Waals surface area contributed by atoms with Crippen molar-refractivity contribution < 1.29 is 4.52 Å². The minimum absolute atomic E-state index is 0. The summed E-state index contributed by atoms with van der Waals surface area (Å²) in [6.07, 6.45) is 4.78. The molecule has 0 aliphatic rings. The zero-order chi connectivity index (χ0) is 11.4. The van der Waals surface area contributed by atoms with E-state index in [9.17, 15) is 0 Å². The Hall–Kier alpha value is -1.46. The van der Waals surface area contributed by atoms with Gasteiger partial charge in [0, 0.05) is 31.3 Å². The molecule has 2 rings (SSSR count). The Kier molecular flexibility index (Phi) is 5.06. The molecule has 0 aromatic carbocycles. The van der Waals surface area contributed by atoms with Crippen LogP contribution < -0.4 is 5.73 Å². The van der Waals surface area contributed by atoms with Crippen LogP contribution >= 0.6 is 12.4 Å². The number of aromatic nitrogens is 3. The summed E-state index contributed by atoms with van der Waals surface area (Å²) < 4.78 is 5.09. The van der Waals surface area contributed by atoms with Crippen molar-refractivity contribution in [2.45, 2.75) is 25.8 Å². The molecular weight excluding hydrogens is 240 g/mol. The number of rotatable bonds is 4. The van der Waals surface area contributed by atoms with Gasteiger partial charge in [-0.1, -0.05) is 11.2 Å². The average molecular weight is 255 g/mol. The van der Waals surface area contributed by atoms with Crippen molar-refractivity contribution in [1.29, 1.82) is 0 Å². The van der Waals surface area contributed by atoms with Gasteiger partial charge in [0.25, 0.3) is 0 Å². The largest absolute Gasteiger partial charge is 0.339 e. The molecule has 0 saturated heterocycles. The first-order valence-electron chi connectivity index (χ1n) is 5.20. The van der Waals surface area contributed by atoms with Gasteiger partial charge in [0.05, 0.1) is 0 Å². The van der Waals surface area contributed by atoms with Crippen LogP contribution in [0.15, 0.2) is 29.0 Å². The van der Waals surface area contributed by atoms with Gasteiger partial charge < -0.3 is 10.3 Å². The Labute approximate surface area is 106 Å². The molecule has 2 aromatic heterocycles. The lowest BCUT2D eigenvalue weighted by molar-refractivity contribution is 0.367. The molecule has 0 aliphatic carbocycles. The predicted octanol–water partition coefficient (Wildman–Crippen LogP) is 1.37. The van der Waals surface area contributed by atoms with Crippen molar-refractivity contribution in [3.8, 4) is 0 Å². The maximum absolute atomic E-state index is 5.65. The summed E-state index contributed by atoms with van der Waals surface area (Å²) in [5, 5.41) is 3.90. The number of hydrogen-bond acceptors (Lipinski definition) is 5. The molecule has 2 heterocycles. The van der Waals surface area contributed by atoms with Crippen LogP contribution in [0.4, 0.5) is 0 Å². The van der Waals surface area contributed by atoms with E-state index in [1.54, 1.807) is 12.4 Å². The first kappa shape index (κ1) is 13.6. The smallest absolute Gasteiger partial charge is 0.228 e. The van der Waals surface area contributed by atoms with Crippen LogP contribution in [0.2, 0.25) is 0 Å². The Morgan fingerprint density at radius 3 is 2.94 bits per heavy atom. The van der Waals surface area contributed by atoms with Gasteiger partial charge in [0.1, 0.15) is 0 Å². The molecule has 1 unspecified atom stereocenters. The molecule has 0 aliphatic heterocycles. The molecule has 0 spiro atoms. The maximum atomic E-state index is 5.65. The Bertz CT molecular complexity index is 444. The van der Waals surface area contributed by atoms with Gasteiger partial charge in [-0.25, -0.2) is 0 Å². The van der Waals surface area contributed by atoms with Crippen LogP contribution in [0.5, 0.6) is 0 Å². The highest BCUT2D eigenvalue weighted by molar-refractivity contribution is 5.85. The van der Waals surface area contributed by atoms with Crippen molar-refractivity contribution in [3.63, 3.8) is 0 Å². The number of nitrogens with two attached hydrogens (primary N) is 1. The fourth-order valence-electron chi connectivity index (χ4n) is 1.41. The van der Waals surface area contributed by atoms with E-state index in [0.717, 1.165) is 5.56 Å². The maximum Gasteiger partial charge on any atom is 0.228 e. The molecule has 1 atom stereocenters. The number of nitrogens with zero attached hydrogens (tertiary/aromatic N) is 3. The second-order valence-corrected chi connectivity index (χ2v) is 3.82. The van der Waals surface area contributed by atoms with E-state index in [2.05, 4.69) is 15.1 Å². The molecule has 0 radical (unpaired) electrons. The quantitative estimate of drug-likeness (QED) is 0.892. The molecule has 0 amide bonds. The third-order valence-electron chi connectivity index (χ3n) is 2.09. The fraction of sp³-hybridized carbons (Fsp3) is 0.364. The zero-order valence-corrected chi connectivity index (χ0v) is 10.4. The monoisotopic (exact) mass is 254 g/mol. The summed E-state index contributed by atoms with van der Waals surface area (Å²) in [5.74, 6) is 1.26. The van der Waals surface area contributed by atoms with Crippen molar-refractivity contribution in [2.75, 3.05) is 0 Å². The van der Waals surface area contributed by atoms with Crippen molar-refractivity contribution >= 4 is 12.4 Å². The van der Waals surface area contributed by atoms with Crippen LogP contribution in [-0.2, 0) is 12.8 Å². The molecule has 6 heteroatoms. The molecular formula is C11H15ClN4O. The molecule has 92 valence electrons. The molecule has 0 saturated carbocycles. The lowest BCUT2D eigenvalue weighted by Crippen LogP contribution is -2.17. The topological polar surface area (TPSA) is 77.8 Å². The Morgan fingerprint density at radius 1 is 1.47 bits per heavy atom. The normalized spacial score (nSPS) is 11.9. The molecule has 2 N–H and O–H groups in total. The van der Waals surface area contributed by atoms with Gasteiger partial charge in [-0.3, -0.25) is 4.98 Å². The van der Waals surface area contributed by atoms with E-state index in [1.165, 1.54) is 0 Å². The summed E-state index contributed by atoms with van der Waals surface area (Å²) >= 11 is 0. The van der Waals surface area contributed by atoms with Crippen molar-refractivity contribution in [2.24, 2.45) is 5.73 Å². The van der Waals surface area contributed by atoms with E-state index in [-0.39, 0.29) is 18.4 Å². The van der Waals surface area contributed by atoms with Gasteiger partial charge in [-0.05, 0) is 18.6 Å². The molecule has 0 fully saturated rings. The first-order valence-corrected chi connectivity index (χ1v) is 5.20. The van der Waals surface area contributed by atoms with Gasteiger partial charge in [0.2, 0.25) is 5.89 Å². The standard InChI is InChI=1S/C11H14N4O.ClH/c1-8(12)5-11-14-10(15-16-11)6-9-3-2-4-13-7-9;/h2-4,7-8H,5-6,12H2,1H3;1H. The van der Waals surface area contributed by atoms with Crippen LogP contribution in [0.25, 0.3) is 0 Å². The number of halogens is 1. The lowest BCUT2D eigenvalue weighted by Gasteiger charge is -1.96. The predicted molar refractivity (Wildman–Crippen MR) is 65.9 cm³/mol. The minimum Gasteiger partial charge on any atom is -0.339 e. The summed E-state index contributed by atoms with van der Waals surface area (Å²) in [7, 11) is 0. The van der Waals surface area contributed by atoms with Crippen LogP contribution in [0.1, 0.15) is 24.2 Å².